The summed E-state index contributed by atoms with van der Waals surface area (Å²) in [5, 5.41) is 4.84. The van der Waals surface area contributed by atoms with Gasteiger partial charge in [0.1, 0.15) is 0 Å². The zero-order chi connectivity index (χ0) is 21.0. The van der Waals surface area contributed by atoms with Crippen LogP contribution in [0.15, 0.2) is 62.9 Å². The number of thiophene rings is 1. The van der Waals surface area contributed by atoms with Crippen LogP contribution >= 0.6 is 11.3 Å². The zero-order valence-electron chi connectivity index (χ0n) is 14.8. The van der Waals surface area contributed by atoms with Crippen LogP contribution in [0, 0.1) is 0 Å². The van der Waals surface area contributed by atoms with Gasteiger partial charge in [-0.2, -0.15) is 24.5 Å². The van der Waals surface area contributed by atoms with Crippen LogP contribution in [0.3, 0.4) is 0 Å². The normalized spacial score (nSPS) is 12.7. The number of rotatable bonds is 3. The summed E-state index contributed by atoms with van der Waals surface area (Å²) >= 11 is 1.28. The molecule has 1 N–H and O–H groups in total. The molecule has 10 heteroatoms. The molecule has 0 amide bonds. The number of nitrogens with one attached hydrogen (secondary N) is 1. The summed E-state index contributed by atoms with van der Waals surface area (Å²) in [4.78, 5) is 13.1. The van der Waals surface area contributed by atoms with E-state index in [0.29, 0.717) is 21.7 Å². The maximum atomic E-state index is 13.0. The third-order valence-corrected chi connectivity index (χ3v) is 6.78. The fourth-order valence-electron chi connectivity index (χ4n) is 3.17. The number of hydrogen-bond acceptors (Lipinski definition) is 4. The number of aromatic nitrogens is 1. The van der Waals surface area contributed by atoms with Crippen molar-refractivity contribution >= 4 is 43.0 Å². The van der Waals surface area contributed by atoms with E-state index >= 15 is 0 Å². The second-order valence-electron chi connectivity index (χ2n) is 6.27. The van der Waals surface area contributed by atoms with Crippen molar-refractivity contribution in [3.05, 3.63) is 69.1 Å². The number of benzene rings is 2. The smallest absolute Gasteiger partial charge is 0.276 e. The molecular formula is C19H13F3N2O3S2. The molecule has 0 atom stereocenters. The van der Waals surface area contributed by atoms with Crippen LogP contribution in [0.4, 0.5) is 13.2 Å². The summed E-state index contributed by atoms with van der Waals surface area (Å²) < 4.78 is 66.6. The van der Waals surface area contributed by atoms with E-state index in [1.807, 2.05) is 0 Å². The first-order valence-corrected chi connectivity index (χ1v) is 10.7. The number of nitrogens with zero attached hydrogens (tertiary/aromatic N) is 1. The molecule has 0 spiro atoms. The lowest BCUT2D eigenvalue weighted by Crippen LogP contribution is -2.20. The summed E-state index contributed by atoms with van der Waals surface area (Å²) in [6.07, 6.45) is -4.49. The molecule has 0 fully saturated rings. The average molecular weight is 438 g/mol. The molecule has 150 valence electrons. The van der Waals surface area contributed by atoms with Crippen molar-refractivity contribution in [1.29, 1.82) is 0 Å². The second-order valence-corrected chi connectivity index (χ2v) is 8.90. The standard InChI is InChI=1S/C19H13F3N2O3S2/c1-23-29(26,27)13-6-7-17-14(8-13)15-9-28-10-16(15)18(25)24(17)12-4-2-11(3-5-12)19(20,21)22/h2-10,23H,1H3. The predicted molar refractivity (Wildman–Crippen MR) is 106 cm³/mol. The lowest BCUT2D eigenvalue weighted by atomic mass is 10.1. The number of hydrogen-bond donors (Lipinski definition) is 1. The van der Waals surface area contributed by atoms with Crippen molar-refractivity contribution in [2.75, 3.05) is 7.05 Å². The number of pyridine rings is 1. The largest absolute Gasteiger partial charge is 0.416 e. The number of alkyl halides is 3. The van der Waals surface area contributed by atoms with Gasteiger partial charge in [-0.15, -0.1) is 0 Å². The minimum absolute atomic E-state index is 0.0256. The van der Waals surface area contributed by atoms with Crippen LogP contribution < -0.4 is 10.3 Å². The molecule has 0 aliphatic carbocycles. The van der Waals surface area contributed by atoms with Crippen molar-refractivity contribution in [3.63, 3.8) is 0 Å². The average Bonchev–Trinajstić information content (AvgIpc) is 3.18. The topological polar surface area (TPSA) is 68.2 Å². The van der Waals surface area contributed by atoms with Crippen molar-refractivity contribution in [2.24, 2.45) is 0 Å². The molecule has 2 aromatic heterocycles. The summed E-state index contributed by atoms with van der Waals surface area (Å²) in [6.45, 7) is 0. The SMILES string of the molecule is CNS(=O)(=O)c1ccc2c(c1)c1cscc1c(=O)n2-c1ccc(C(F)(F)F)cc1. The lowest BCUT2D eigenvalue weighted by molar-refractivity contribution is -0.137. The van der Waals surface area contributed by atoms with Gasteiger partial charge in [-0.1, -0.05) is 0 Å². The van der Waals surface area contributed by atoms with Crippen LogP contribution in [0.2, 0.25) is 0 Å². The van der Waals surface area contributed by atoms with Crippen LogP contribution in [-0.2, 0) is 16.2 Å². The second kappa shape index (κ2) is 6.68. The number of halogens is 3. The fraction of sp³-hybridized carbons (Fsp3) is 0.105. The first kappa shape index (κ1) is 19.6. The van der Waals surface area contributed by atoms with E-state index < -0.39 is 27.3 Å². The van der Waals surface area contributed by atoms with Crippen molar-refractivity contribution in [2.45, 2.75) is 11.1 Å². The van der Waals surface area contributed by atoms with Gasteiger partial charge in [-0.05, 0) is 54.9 Å². The molecule has 0 radical (unpaired) electrons. The maximum absolute atomic E-state index is 13.0. The van der Waals surface area contributed by atoms with Crippen LogP contribution in [0.5, 0.6) is 0 Å². The molecule has 4 rings (SSSR count). The highest BCUT2D eigenvalue weighted by Gasteiger charge is 2.30. The molecule has 2 aromatic carbocycles. The molecule has 0 saturated heterocycles. The van der Waals surface area contributed by atoms with Gasteiger partial charge < -0.3 is 0 Å². The quantitative estimate of drug-likeness (QED) is 0.523. The van der Waals surface area contributed by atoms with Gasteiger partial charge in [0, 0.05) is 21.8 Å². The Labute approximate surface area is 167 Å². The van der Waals surface area contributed by atoms with Crippen molar-refractivity contribution in [1.82, 2.24) is 9.29 Å². The van der Waals surface area contributed by atoms with E-state index in [0.717, 1.165) is 12.1 Å². The fourth-order valence-corrected chi connectivity index (χ4v) is 4.75. The predicted octanol–water partition coefficient (Wildman–Crippen LogP) is 4.13. The Balaban J connectivity index is 2.06. The van der Waals surface area contributed by atoms with Crippen LogP contribution in [-0.4, -0.2) is 20.0 Å². The lowest BCUT2D eigenvalue weighted by Gasteiger charge is -2.14. The zero-order valence-corrected chi connectivity index (χ0v) is 16.5. The molecule has 0 aliphatic rings. The van der Waals surface area contributed by atoms with E-state index in [9.17, 15) is 26.4 Å². The molecular weight excluding hydrogens is 425 g/mol. The third kappa shape index (κ3) is 3.22. The summed E-state index contributed by atoms with van der Waals surface area (Å²) in [6, 6.07) is 8.55. The Hall–Kier alpha value is -2.69. The molecule has 5 nitrogen and oxygen atoms in total. The molecule has 0 unspecified atom stereocenters. The molecule has 2 heterocycles. The minimum atomic E-state index is -4.49. The van der Waals surface area contributed by atoms with Crippen LogP contribution in [0.25, 0.3) is 27.4 Å². The van der Waals surface area contributed by atoms with E-state index in [1.54, 1.807) is 10.8 Å². The van der Waals surface area contributed by atoms with E-state index in [4.69, 9.17) is 0 Å². The Morgan fingerprint density at radius 1 is 0.966 bits per heavy atom. The summed E-state index contributed by atoms with van der Waals surface area (Å²) in [7, 11) is -2.42. The Morgan fingerprint density at radius 3 is 2.24 bits per heavy atom. The first-order chi connectivity index (χ1) is 13.6. The highest BCUT2D eigenvalue weighted by Crippen LogP contribution is 2.32. The molecule has 29 heavy (non-hydrogen) atoms. The van der Waals surface area contributed by atoms with E-state index in [2.05, 4.69) is 4.72 Å². The van der Waals surface area contributed by atoms with Gasteiger partial charge in [-0.25, -0.2) is 13.1 Å². The van der Waals surface area contributed by atoms with Gasteiger partial charge in [-0.3, -0.25) is 9.36 Å². The van der Waals surface area contributed by atoms with Gasteiger partial charge >= 0.3 is 6.18 Å². The van der Waals surface area contributed by atoms with Gasteiger partial charge in [0.05, 0.1) is 21.4 Å². The maximum Gasteiger partial charge on any atom is 0.416 e. The molecule has 4 aromatic rings. The van der Waals surface area contributed by atoms with Crippen LogP contribution in [0.1, 0.15) is 5.56 Å². The number of sulfonamides is 1. The first-order valence-electron chi connectivity index (χ1n) is 8.29. The third-order valence-electron chi connectivity index (χ3n) is 4.63. The Morgan fingerprint density at radius 2 is 1.62 bits per heavy atom. The molecule has 0 aliphatic heterocycles. The summed E-state index contributed by atoms with van der Waals surface area (Å²) in [5.74, 6) is 0. The monoisotopic (exact) mass is 438 g/mol. The van der Waals surface area contributed by atoms with E-state index in [-0.39, 0.29) is 10.6 Å². The highest BCUT2D eigenvalue weighted by molar-refractivity contribution is 7.89. The van der Waals surface area contributed by atoms with Gasteiger partial charge in [0.15, 0.2) is 0 Å². The molecule has 0 saturated carbocycles. The van der Waals surface area contributed by atoms with Crippen molar-refractivity contribution < 1.29 is 21.6 Å². The minimum Gasteiger partial charge on any atom is -0.276 e. The Kier molecular flexibility index (Phi) is 4.52. The summed E-state index contributed by atoms with van der Waals surface area (Å²) in [5.41, 5.74) is -0.559. The van der Waals surface area contributed by atoms with Gasteiger partial charge in [0.25, 0.3) is 5.56 Å². The van der Waals surface area contributed by atoms with Gasteiger partial charge in [0.2, 0.25) is 10.0 Å². The van der Waals surface area contributed by atoms with Crippen molar-refractivity contribution in [3.8, 4) is 5.69 Å². The number of fused-ring (bicyclic) bond motifs is 3. The van der Waals surface area contributed by atoms with E-state index in [1.165, 1.54) is 53.3 Å². The Bertz CT molecular complexity index is 1400. The molecule has 0 bridgehead atoms. The highest BCUT2D eigenvalue weighted by atomic mass is 32.2.